The maximum atomic E-state index is 13.9. The van der Waals surface area contributed by atoms with E-state index in [9.17, 15) is 23.5 Å². The van der Waals surface area contributed by atoms with Gasteiger partial charge in [0.1, 0.15) is 17.4 Å². The number of ether oxygens (including phenoxy) is 1. The Bertz CT molecular complexity index is 951. The van der Waals surface area contributed by atoms with Crippen LogP contribution in [0.4, 0.5) is 8.78 Å². The highest BCUT2D eigenvalue weighted by molar-refractivity contribution is 5.94. The summed E-state index contributed by atoms with van der Waals surface area (Å²) in [4.78, 5) is 25.1. The minimum Gasteiger partial charge on any atom is -0.478 e. The Morgan fingerprint density at radius 1 is 1.07 bits per heavy atom. The topological polar surface area (TPSA) is 87.1 Å². The van der Waals surface area contributed by atoms with Crippen LogP contribution in [0, 0.1) is 11.6 Å². The van der Waals surface area contributed by atoms with Gasteiger partial charge in [-0.05, 0) is 56.5 Å². The quantitative estimate of drug-likeness (QED) is 0.776. The van der Waals surface area contributed by atoms with E-state index in [1.54, 1.807) is 24.3 Å². The van der Waals surface area contributed by atoms with Gasteiger partial charge in [-0.15, -0.1) is 0 Å². The van der Waals surface area contributed by atoms with E-state index < -0.39 is 34.7 Å². The van der Waals surface area contributed by atoms with Crippen LogP contribution in [0.5, 0.6) is 5.75 Å². The first-order valence-electron chi connectivity index (χ1n) is 9.51. The lowest BCUT2D eigenvalue weighted by Gasteiger charge is -2.38. The van der Waals surface area contributed by atoms with Crippen LogP contribution >= 0.6 is 0 Å². The van der Waals surface area contributed by atoms with E-state index in [0.717, 1.165) is 12.1 Å². The molecule has 2 aromatic rings. The van der Waals surface area contributed by atoms with Crippen LogP contribution in [0.2, 0.25) is 0 Å². The maximum Gasteiger partial charge on any atom is 0.347 e. The van der Waals surface area contributed by atoms with E-state index in [0.29, 0.717) is 17.4 Å². The molecular formula is C22H23F2NO5. The minimum absolute atomic E-state index is 0.204. The van der Waals surface area contributed by atoms with Crippen molar-refractivity contribution >= 4 is 11.9 Å². The molecule has 160 valence electrons. The van der Waals surface area contributed by atoms with E-state index >= 15 is 0 Å². The largest absolute Gasteiger partial charge is 0.478 e. The fourth-order valence-corrected chi connectivity index (χ4v) is 3.37. The average molecular weight is 419 g/mol. The zero-order valence-corrected chi connectivity index (χ0v) is 16.7. The molecule has 1 aliphatic heterocycles. The Balaban J connectivity index is 1.67. The SMILES string of the molecule is CC(C)(Oc1ccc(C2(O)CCN(C(=O)c3ccc(F)cc3F)CC2)cc1)C(=O)O. The molecule has 2 N–H and O–H groups in total. The third kappa shape index (κ3) is 4.43. The van der Waals surface area contributed by atoms with Crippen LogP contribution in [0.3, 0.4) is 0 Å². The lowest BCUT2D eigenvalue weighted by molar-refractivity contribution is -0.152. The van der Waals surface area contributed by atoms with E-state index in [1.165, 1.54) is 18.7 Å². The van der Waals surface area contributed by atoms with Crippen molar-refractivity contribution in [3.05, 3.63) is 65.2 Å². The summed E-state index contributed by atoms with van der Waals surface area (Å²) >= 11 is 0. The van der Waals surface area contributed by atoms with Gasteiger partial charge in [-0.25, -0.2) is 13.6 Å². The lowest BCUT2D eigenvalue weighted by atomic mass is 9.84. The van der Waals surface area contributed by atoms with Gasteiger partial charge in [0.05, 0.1) is 11.2 Å². The number of benzene rings is 2. The van der Waals surface area contributed by atoms with E-state index in [-0.39, 0.29) is 31.5 Å². The van der Waals surface area contributed by atoms with Crippen molar-refractivity contribution in [2.24, 2.45) is 0 Å². The summed E-state index contributed by atoms with van der Waals surface area (Å²) in [5.41, 5.74) is -2.16. The fraction of sp³-hybridized carbons (Fsp3) is 0.364. The summed E-state index contributed by atoms with van der Waals surface area (Å²) < 4.78 is 32.4. The molecule has 2 aromatic carbocycles. The summed E-state index contributed by atoms with van der Waals surface area (Å²) in [5, 5.41) is 20.2. The fourth-order valence-electron chi connectivity index (χ4n) is 3.37. The molecule has 0 unspecified atom stereocenters. The number of carbonyl (C=O) groups excluding carboxylic acids is 1. The zero-order chi connectivity index (χ0) is 22.1. The number of aliphatic hydroxyl groups is 1. The summed E-state index contributed by atoms with van der Waals surface area (Å²) in [7, 11) is 0. The van der Waals surface area contributed by atoms with Crippen molar-refractivity contribution in [2.75, 3.05) is 13.1 Å². The number of hydrogen-bond donors (Lipinski definition) is 2. The van der Waals surface area contributed by atoms with Gasteiger partial charge >= 0.3 is 5.97 Å². The number of carboxylic acid groups (broad SMARTS) is 1. The molecule has 1 saturated heterocycles. The third-order valence-corrected chi connectivity index (χ3v) is 5.32. The van der Waals surface area contributed by atoms with Crippen molar-refractivity contribution < 1.29 is 33.3 Å². The van der Waals surface area contributed by atoms with Crippen LogP contribution in [-0.4, -0.2) is 45.7 Å². The van der Waals surface area contributed by atoms with Gasteiger partial charge in [-0.2, -0.15) is 0 Å². The standard InChI is InChI=1S/C22H23F2NO5/c1-21(2,20(27)28)30-16-6-3-14(4-7-16)22(29)9-11-25(12-10-22)19(26)17-8-5-15(23)13-18(17)24/h3-8,13,29H,9-12H2,1-2H3,(H,27,28). The van der Waals surface area contributed by atoms with Crippen LogP contribution < -0.4 is 4.74 Å². The number of likely N-dealkylation sites (tertiary alicyclic amines) is 1. The van der Waals surface area contributed by atoms with Gasteiger partial charge in [0.2, 0.25) is 0 Å². The number of amides is 1. The molecule has 3 rings (SSSR count). The molecular weight excluding hydrogens is 396 g/mol. The summed E-state index contributed by atoms with van der Waals surface area (Å²) in [6.45, 7) is 3.29. The molecule has 0 radical (unpaired) electrons. The second kappa shape index (κ2) is 8.02. The van der Waals surface area contributed by atoms with Gasteiger partial charge in [-0.1, -0.05) is 12.1 Å². The third-order valence-electron chi connectivity index (χ3n) is 5.32. The van der Waals surface area contributed by atoms with Crippen LogP contribution in [0.1, 0.15) is 42.6 Å². The molecule has 8 heteroatoms. The summed E-state index contributed by atoms with van der Waals surface area (Å²) in [5.74, 6) is -2.96. The van der Waals surface area contributed by atoms with Crippen molar-refractivity contribution in [1.82, 2.24) is 4.90 Å². The average Bonchev–Trinajstić information content (AvgIpc) is 2.68. The molecule has 1 heterocycles. The van der Waals surface area contributed by atoms with Crippen LogP contribution in [0.25, 0.3) is 0 Å². The Kier molecular flexibility index (Phi) is 5.81. The van der Waals surface area contributed by atoms with E-state index in [4.69, 9.17) is 9.84 Å². The number of piperidine rings is 1. The highest BCUT2D eigenvalue weighted by atomic mass is 19.1. The first-order valence-corrected chi connectivity index (χ1v) is 9.51. The molecule has 6 nitrogen and oxygen atoms in total. The van der Waals surface area contributed by atoms with Crippen molar-refractivity contribution in [1.29, 1.82) is 0 Å². The van der Waals surface area contributed by atoms with Crippen LogP contribution in [0.15, 0.2) is 42.5 Å². The number of carbonyl (C=O) groups is 2. The number of carboxylic acids is 1. The Labute approximate surface area is 172 Å². The molecule has 0 saturated carbocycles. The van der Waals surface area contributed by atoms with Crippen molar-refractivity contribution in [3.8, 4) is 5.75 Å². The lowest BCUT2D eigenvalue weighted by Crippen LogP contribution is -2.45. The molecule has 1 amide bonds. The summed E-state index contributed by atoms with van der Waals surface area (Å²) in [6.07, 6.45) is 0.477. The first kappa shape index (κ1) is 21.7. The molecule has 0 atom stereocenters. The molecule has 30 heavy (non-hydrogen) atoms. The smallest absolute Gasteiger partial charge is 0.347 e. The van der Waals surface area contributed by atoms with Gasteiger partial charge in [-0.3, -0.25) is 4.79 Å². The minimum atomic E-state index is -1.39. The molecule has 0 aliphatic carbocycles. The molecule has 1 fully saturated rings. The van der Waals surface area contributed by atoms with Gasteiger partial charge < -0.3 is 19.8 Å². The zero-order valence-electron chi connectivity index (χ0n) is 16.7. The second-order valence-electron chi connectivity index (χ2n) is 7.89. The predicted octanol–water partition coefficient (Wildman–Crippen LogP) is 3.33. The van der Waals surface area contributed by atoms with E-state index in [1.807, 2.05) is 0 Å². The molecule has 1 aliphatic rings. The normalized spacial score (nSPS) is 16.2. The Morgan fingerprint density at radius 2 is 1.67 bits per heavy atom. The van der Waals surface area contributed by atoms with E-state index in [2.05, 4.69) is 0 Å². The number of rotatable bonds is 5. The Morgan fingerprint density at radius 3 is 2.20 bits per heavy atom. The maximum absolute atomic E-state index is 13.9. The number of aliphatic carboxylic acids is 1. The number of halogens is 2. The second-order valence-corrected chi connectivity index (χ2v) is 7.89. The first-order chi connectivity index (χ1) is 14.0. The van der Waals surface area contributed by atoms with Gasteiger partial charge in [0.25, 0.3) is 5.91 Å². The van der Waals surface area contributed by atoms with Crippen LogP contribution in [-0.2, 0) is 10.4 Å². The number of hydrogen-bond acceptors (Lipinski definition) is 4. The highest BCUT2D eigenvalue weighted by Crippen LogP contribution is 2.34. The van der Waals surface area contributed by atoms with Crippen molar-refractivity contribution in [3.63, 3.8) is 0 Å². The molecule has 0 aromatic heterocycles. The molecule has 0 bridgehead atoms. The highest BCUT2D eigenvalue weighted by Gasteiger charge is 2.36. The number of nitrogens with zero attached hydrogens (tertiary/aromatic N) is 1. The Hall–Kier alpha value is -3.00. The van der Waals surface area contributed by atoms with Crippen molar-refractivity contribution in [2.45, 2.75) is 37.9 Å². The predicted molar refractivity (Wildman–Crippen MR) is 104 cm³/mol. The molecule has 0 spiro atoms. The van der Waals surface area contributed by atoms with Gasteiger partial charge in [0, 0.05) is 19.2 Å². The summed E-state index contributed by atoms with van der Waals surface area (Å²) in [6, 6.07) is 9.31. The van der Waals surface area contributed by atoms with Gasteiger partial charge in [0.15, 0.2) is 5.60 Å². The monoisotopic (exact) mass is 419 g/mol.